The molecule has 1 unspecified atom stereocenters. The molecule has 21 heavy (non-hydrogen) atoms. The van der Waals surface area contributed by atoms with Crippen molar-refractivity contribution in [1.82, 2.24) is 4.90 Å². The van der Waals surface area contributed by atoms with Crippen molar-refractivity contribution in [1.29, 1.82) is 0 Å². The van der Waals surface area contributed by atoms with Crippen LogP contribution in [0.25, 0.3) is 0 Å². The van der Waals surface area contributed by atoms with Gasteiger partial charge >= 0.3 is 5.97 Å². The first-order valence-electron chi connectivity index (χ1n) is 7.21. The van der Waals surface area contributed by atoms with E-state index >= 15 is 0 Å². The Balaban J connectivity index is 1.87. The predicted octanol–water partition coefficient (Wildman–Crippen LogP) is 2.15. The first-order valence-corrected chi connectivity index (χ1v) is 7.21. The lowest BCUT2D eigenvalue weighted by atomic mass is 10.1. The van der Waals surface area contributed by atoms with Crippen LogP contribution in [-0.2, 0) is 9.59 Å². The van der Waals surface area contributed by atoms with Crippen LogP contribution >= 0.6 is 0 Å². The van der Waals surface area contributed by atoms with Crippen LogP contribution in [0, 0.1) is 13.8 Å². The van der Waals surface area contributed by atoms with Crippen molar-refractivity contribution in [2.75, 3.05) is 13.2 Å². The number of rotatable bonds is 5. The van der Waals surface area contributed by atoms with Crippen molar-refractivity contribution < 1.29 is 19.4 Å². The van der Waals surface area contributed by atoms with Gasteiger partial charge < -0.3 is 14.7 Å². The summed E-state index contributed by atoms with van der Waals surface area (Å²) in [7, 11) is 0. The fourth-order valence-corrected chi connectivity index (χ4v) is 2.58. The first kappa shape index (κ1) is 15.4. The highest BCUT2D eigenvalue weighted by atomic mass is 16.5. The van der Waals surface area contributed by atoms with E-state index in [2.05, 4.69) is 0 Å². The molecule has 1 saturated heterocycles. The predicted molar refractivity (Wildman–Crippen MR) is 78.4 cm³/mol. The van der Waals surface area contributed by atoms with Crippen LogP contribution in [0.5, 0.6) is 5.75 Å². The van der Waals surface area contributed by atoms with Gasteiger partial charge in [-0.2, -0.15) is 0 Å². The number of ether oxygens (including phenoxy) is 1. The highest BCUT2D eigenvalue weighted by molar-refractivity contribution is 5.84. The zero-order chi connectivity index (χ0) is 15.4. The van der Waals surface area contributed by atoms with Crippen molar-refractivity contribution in [3.8, 4) is 5.75 Å². The Bertz CT molecular complexity index is 541. The third kappa shape index (κ3) is 3.74. The standard InChI is InChI=1S/C16H21NO4/c1-11-5-6-12(2)14(10-11)21-9-7-15(18)17-8-3-4-13(17)16(19)20/h5-6,10,13H,3-4,7-9H2,1-2H3,(H,19,20). The zero-order valence-electron chi connectivity index (χ0n) is 12.5. The van der Waals surface area contributed by atoms with E-state index in [1.807, 2.05) is 32.0 Å². The fourth-order valence-electron chi connectivity index (χ4n) is 2.58. The highest BCUT2D eigenvalue weighted by Crippen LogP contribution is 2.21. The minimum atomic E-state index is -0.920. The molecule has 1 N–H and O–H groups in total. The molecule has 1 aliphatic rings. The van der Waals surface area contributed by atoms with Crippen LogP contribution in [-0.4, -0.2) is 41.1 Å². The van der Waals surface area contributed by atoms with Crippen molar-refractivity contribution in [2.24, 2.45) is 0 Å². The summed E-state index contributed by atoms with van der Waals surface area (Å²) in [4.78, 5) is 24.6. The summed E-state index contributed by atoms with van der Waals surface area (Å²) in [6, 6.07) is 5.26. The molecule has 1 aliphatic heterocycles. The average Bonchev–Trinajstić information content (AvgIpc) is 2.92. The van der Waals surface area contributed by atoms with Gasteiger partial charge in [0.25, 0.3) is 0 Å². The van der Waals surface area contributed by atoms with Crippen LogP contribution < -0.4 is 4.74 Å². The Morgan fingerprint density at radius 2 is 2.14 bits per heavy atom. The van der Waals surface area contributed by atoms with Crippen molar-refractivity contribution in [3.63, 3.8) is 0 Å². The largest absolute Gasteiger partial charge is 0.493 e. The molecule has 5 heteroatoms. The number of hydrogen-bond acceptors (Lipinski definition) is 3. The summed E-state index contributed by atoms with van der Waals surface area (Å²) in [5.41, 5.74) is 2.13. The number of carbonyl (C=O) groups excluding carboxylic acids is 1. The molecule has 0 bridgehead atoms. The van der Waals surface area contributed by atoms with Crippen LogP contribution in [0.4, 0.5) is 0 Å². The molecular weight excluding hydrogens is 270 g/mol. The van der Waals surface area contributed by atoms with E-state index in [9.17, 15) is 9.59 Å². The molecule has 2 rings (SSSR count). The number of carboxylic acids is 1. The minimum Gasteiger partial charge on any atom is -0.493 e. The van der Waals surface area contributed by atoms with Crippen molar-refractivity contribution >= 4 is 11.9 Å². The SMILES string of the molecule is Cc1ccc(C)c(OCCC(=O)N2CCCC2C(=O)O)c1. The van der Waals surface area contributed by atoms with E-state index in [-0.39, 0.29) is 18.9 Å². The van der Waals surface area contributed by atoms with Gasteiger partial charge in [-0.1, -0.05) is 12.1 Å². The Morgan fingerprint density at radius 3 is 2.86 bits per heavy atom. The fraction of sp³-hybridized carbons (Fsp3) is 0.500. The molecule has 1 aromatic carbocycles. The minimum absolute atomic E-state index is 0.148. The molecule has 0 saturated carbocycles. The molecule has 0 radical (unpaired) electrons. The van der Waals surface area contributed by atoms with Crippen molar-refractivity contribution in [3.05, 3.63) is 29.3 Å². The number of carboxylic acid groups (broad SMARTS) is 1. The van der Waals surface area contributed by atoms with E-state index in [4.69, 9.17) is 9.84 Å². The molecule has 1 aromatic rings. The molecular formula is C16H21NO4. The van der Waals surface area contributed by atoms with Crippen molar-refractivity contribution in [2.45, 2.75) is 39.2 Å². The molecule has 1 fully saturated rings. The van der Waals surface area contributed by atoms with E-state index in [0.29, 0.717) is 13.0 Å². The normalized spacial score (nSPS) is 17.8. The van der Waals surface area contributed by atoms with Crippen LogP contribution in [0.15, 0.2) is 18.2 Å². The van der Waals surface area contributed by atoms with E-state index in [1.54, 1.807) is 0 Å². The quantitative estimate of drug-likeness (QED) is 0.902. The first-order chi connectivity index (χ1) is 9.99. The van der Waals surface area contributed by atoms with Gasteiger partial charge in [0, 0.05) is 6.54 Å². The smallest absolute Gasteiger partial charge is 0.326 e. The second-order valence-corrected chi connectivity index (χ2v) is 5.45. The number of likely N-dealkylation sites (tertiary alicyclic amines) is 1. The number of amides is 1. The Kier molecular flexibility index (Phi) is 4.83. The summed E-state index contributed by atoms with van der Waals surface area (Å²) >= 11 is 0. The third-order valence-electron chi connectivity index (χ3n) is 3.78. The number of aliphatic carboxylic acids is 1. The van der Waals surface area contributed by atoms with Gasteiger partial charge in [-0.25, -0.2) is 4.79 Å². The molecule has 1 amide bonds. The maximum Gasteiger partial charge on any atom is 0.326 e. The van der Waals surface area contributed by atoms with Crippen LogP contribution in [0.1, 0.15) is 30.4 Å². The number of nitrogens with zero attached hydrogens (tertiary/aromatic N) is 1. The monoisotopic (exact) mass is 291 g/mol. The average molecular weight is 291 g/mol. The zero-order valence-corrected chi connectivity index (χ0v) is 12.5. The highest BCUT2D eigenvalue weighted by Gasteiger charge is 2.33. The third-order valence-corrected chi connectivity index (χ3v) is 3.78. The van der Waals surface area contributed by atoms with Gasteiger partial charge in [-0.15, -0.1) is 0 Å². The number of benzene rings is 1. The van der Waals surface area contributed by atoms with Gasteiger partial charge in [-0.05, 0) is 43.9 Å². The summed E-state index contributed by atoms with van der Waals surface area (Å²) in [5.74, 6) is -0.291. The van der Waals surface area contributed by atoms with E-state index in [0.717, 1.165) is 23.3 Å². The lowest BCUT2D eigenvalue weighted by Gasteiger charge is -2.21. The lowest BCUT2D eigenvalue weighted by Crippen LogP contribution is -2.40. The number of carbonyl (C=O) groups is 2. The topological polar surface area (TPSA) is 66.8 Å². The Hall–Kier alpha value is -2.04. The Labute approximate surface area is 124 Å². The number of hydrogen-bond donors (Lipinski definition) is 1. The molecule has 0 spiro atoms. The maximum atomic E-state index is 12.1. The lowest BCUT2D eigenvalue weighted by molar-refractivity contribution is -0.148. The summed E-state index contributed by atoms with van der Waals surface area (Å²) in [5, 5.41) is 9.08. The summed E-state index contributed by atoms with van der Waals surface area (Å²) in [6.07, 6.45) is 1.50. The van der Waals surface area contributed by atoms with E-state index in [1.165, 1.54) is 4.90 Å². The molecule has 1 atom stereocenters. The summed E-state index contributed by atoms with van der Waals surface area (Å²) < 4.78 is 5.65. The van der Waals surface area contributed by atoms with E-state index < -0.39 is 12.0 Å². The second kappa shape index (κ2) is 6.61. The van der Waals surface area contributed by atoms with Gasteiger partial charge in [0.1, 0.15) is 11.8 Å². The molecule has 114 valence electrons. The van der Waals surface area contributed by atoms with Gasteiger partial charge in [0.2, 0.25) is 5.91 Å². The maximum absolute atomic E-state index is 12.1. The summed E-state index contributed by atoms with van der Waals surface area (Å²) in [6.45, 7) is 4.74. The molecule has 5 nitrogen and oxygen atoms in total. The van der Waals surface area contributed by atoms with Crippen LogP contribution in [0.3, 0.4) is 0 Å². The van der Waals surface area contributed by atoms with Gasteiger partial charge in [-0.3, -0.25) is 4.79 Å². The molecule has 0 aromatic heterocycles. The number of aryl methyl sites for hydroxylation is 2. The van der Waals surface area contributed by atoms with Gasteiger partial charge in [0.05, 0.1) is 13.0 Å². The Morgan fingerprint density at radius 1 is 1.38 bits per heavy atom. The molecule has 1 heterocycles. The van der Waals surface area contributed by atoms with Crippen LogP contribution in [0.2, 0.25) is 0 Å². The second-order valence-electron chi connectivity index (χ2n) is 5.45. The molecule has 0 aliphatic carbocycles. The van der Waals surface area contributed by atoms with Gasteiger partial charge in [0.15, 0.2) is 0 Å².